The van der Waals surface area contributed by atoms with Gasteiger partial charge in [-0.2, -0.15) is 0 Å². The number of hydrogen-bond acceptors (Lipinski definition) is 3. The molecule has 0 amide bonds. The lowest BCUT2D eigenvalue weighted by atomic mass is 10.1. The molecular formula is C10H11BrN2O. The molecule has 0 atom stereocenters. The maximum atomic E-state index is 5.24. The second kappa shape index (κ2) is 4.11. The van der Waals surface area contributed by atoms with Gasteiger partial charge in [-0.1, -0.05) is 15.9 Å². The maximum absolute atomic E-state index is 5.24. The second-order valence-corrected chi connectivity index (χ2v) is 3.97. The van der Waals surface area contributed by atoms with Gasteiger partial charge >= 0.3 is 0 Å². The summed E-state index contributed by atoms with van der Waals surface area (Å²) >= 11 is 3.52. The third-order valence-corrected chi connectivity index (χ3v) is 2.88. The lowest BCUT2D eigenvalue weighted by Gasteiger charge is -2.03. The lowest BCUT2D eigenvalue weighted by Crippen LogP contribution is -2.10. The molecule has 0 aliphatic heterocycles. The third kappa shape index (κ3) is 1.81. The standard InChI is InChI=1S/C10H11BrN2O/c1-12-3-2-7-4-10-9(5-8(7)11)13-6-14-10/h4-6,12H,2-3H2,1H3. The Morgan fingerprint density at radius 1 is 1.50 bits per heavy atom. The van der Waals surface area contributed by atoms with Crippen LogP contribution in [-0.4, -0.2) is 18.6 Å². The maximum Gasteiger partial charge on any atom is 0.181 e. The number of nitrogens with zero attached hydrogens (tertiary/aromatic N) is 1. The molecule has 0 saturated carbocycles. The highest BCUT2D eigenvalue weighted by Crippen LogP contribution is 2.23. The van der Waals surface area contributed by atoms with Crippen LogP contribution in [0.5, 0.6) is 0 Å². The summed E-state index contributed by atoms with van der Waals surface area (Å²) in [7, 11) is 1.95. The van der Waals surface area contributed by atoms with E-state index >= 15 is 0 Å². The van der Waals surface area contributed by atoms with Crippen LogP contribution in [0, 0.1) is 0 Å². The average Bonchev–Trinajstić information content (AvgIpc) is 2.61. The van der Waals surface area contributed by atoms with Gasteiger partial charge in [-0.25, -0.2) is 4.98 Å². The number of oxazole rings is 1. The fourth-order valence-electron chi connectivity index (χ4n) is 1.37. The SMILES string of the molecule is CNCCc1cc2ocnc2cc1Br. The van der Waals surface area contributed by atoms with Crippen LogP contribution in [0.2, 0.25) is 0 Å². The molecule has 1 heterocycles. The van der Waals surface area contributed by atoms with E-state index in [4.69, 9.17) is 4.42 Å². The molecule has 74 valence electrons. The Morgan fingerprint density at radius 2 is 2.36 bits per heavy atom. The molecule has 2 aromatic rings. The van der Waals surface area contributed by atoms with E-state index < -0.39 is 0 Å². The highest BCUT2D eigenvalue weighted by atomic mass is 79.9. The zero-order valence-electron chi connectivity index (χ0n) is 7.88. The number of nitrogens with one attached hydrogen (secondary N) is 1. The van der Waals surface area contributed by atoms with Crippen molar-refractivity contribution in [2.75, 3.05) is 13.6 Å². The summed E-state index contributed by atoms with van der Waals surface area (Å²) < 4.78 is 6.33. The molecule has 14 heavy (non-hydrogen) atoms. The van der Waals surface area contributed by atoms with Gasteiger partial charge in [0, 0.05) is 4.47 Å². The van der Waals surface area contributed by atoms with E-state index in [1.54, 1.807) is 0 Å². The summed E-state index contributed by atoms with van der Waals surface area (Å²) in [6, 6.07) is 4.02. The van der Waals surface area contributed by atoms with Gasteiger partial charge in [-0.3, -0.25) is 0 Å². The summed E-state index contributed by atoms with van der Waals surface area (Å²) in [5, 5.41) is 3.12. The Kier molecular flexibility index (Phi) is 2.84. The first-order valence-corrected chi connectivity index (χ1v) is 5.27. The molecule has 0 unspecified atom stereocenters. The van der Waals surface area contributed by atoms with E-state index in [1.807, 2.05) is 19.2 Å². The van der Waals surface area contributed by atoms with Crippen LogP contribution < -0.4 is 5.32 Å². The van der Waals surface area contributed by atoms with E-state index in [-0.39, 0.29) is 0 Å². The van der Waals surface area contributed by atoms with Crippen molar-refractivity contribution in [3.8, 4) is 0 Å². The summed E-state index contributed by atoms with van der Waals surface area (Å²) in [5.41, 5.74) is 2.98. The van der Waals surface area contributed by atoms with Crippen molar-refractivity contribution in [2.45, 2.75) is 6.42 Å². The van der Waals surface area contributed by atoms with Crippen LogP contribution in [0.25, 0.3) is 11.1 Å². The van der Waals surface area contributed by atoms with Crippen LogP contribution in [0.15, 0.2) is 27.4 Å². The van der Waals surface area contributed by atoms with Gasteiger partial charge in [0.2, 0.25) is 0 Å². The molecule has 2 rings (SSSR count). The van der Waals surface area contributed by atoms with Gasteiger partial charge in [0.25, 0.3) is 0 Å². The fourth-order valence-corrected chi connectivity index (χ4v) is 1.90. The quantitative estimate of drug-likeness (QED) is 0.914. The molecule has 1 aromatic carbocycles. The van der Waals surface area contributed by atoms with Gasteiger partial charge in [-0.05, 0) is 37.7 Å². The summed E-state index contributed by atoms with van der Waals surface area (Å²) in [5.74, 6) is 0. The molecular weight excluding hydrogens is 244 g/mol. The van der Waals surface area contributed by atoms with Gasteiger partial charge in [0.1, 0.15) is 5.52 Å². The molecule has 0 aliphatic rings. The topological polar surface area (TPSA) is 38.1 Å². The smallest absolute Gasteiger partial charge is 0.181 e. The minimum Gasteiger partial charge on any atom is -0.443 e. The summed E-state index contributed by atoms with van der Waals surface area (Å²) in [6.45, 7) is 0.957. The first-order chi connectivity index (χ1) is 6.81. The third-order valence-electron chi connectivity index (χ3n) is 2.14. The van der Waals surface area contributed by atoms with E-state index in [2.05, 4.69) is 26.2 Å². The average molecular weight is 255 g/mol. The Balaban J connectivity index is 2.38. The van der Waals surface area contributed by atoms with Crippen molar-refractivity contribution in [3.05, 3.63) is 28.6 Å². The van der Waals surface area contributed by atoms with Crippen LogP contribution in [0.3, 0.4) is 0 Å². The first kappa shape index (κ1) is 9.68. The molecule has 0 saturated heterocycles. The van der Waals surface area contributed by atoms with Crippen LogP contribution in [0.1, 0.15) is 5.56 Å². The normalized spacial score (nSPS) is 11.0. The molecule has 0 spiro atoms. The Morgan fingerprint density at radius 3 is 3.14 bits per heavy atom. The largest absolute Gasteiger partial charge is 0.443 e. The molecule has 4 heteroatoms. The Labute approximate surface area is 90.6 Å². The Hall–Kier alpha value is -0.870. The second-order valence-electron chi connectivity index (χ2n) is 3.12. The van der Waals surface area contributed by atoms with Crippen molar-refractivity contribution in [3.63, 3.8) is 0 Å². The number of aromatic nitrogens is 1. The van der Waals surface area contributed by atoms with Crippen LogP contribution in [-0.2, 0) is 6.42 Å². The number of benzene rings is 1. The van der Waals surface area contributed by atoms with E-state index in [9.17, 15) is 0 Å². The summed E-state index contributed by atoms with van der Waals surface area (Å²) in [6.07, 6.45) is 2.45. The van der Waals surface area contributed by atoms with Crippen LogP contribution in [0.4, 0.5) is 0 Å². The van der Waals surface area contributed by atoms with Crippen LogP contribution >= 0.6 is 15.9 Å². The van der Waals surface area contributed by atoms with Crippen molar-refractivity contribution in [2.24, 2.45) is 0 Å². The predicted molar refractivity (Wildman–Crippen MR) is 59.3 cm³/mol. The molecule has 1 aromatic heterocycles. The van der Waals surface area contributed by atoms with Gasteiger partial charge in [0.05, 0.1) is 0 Å². The minimum absolute atomic E-state index is 0.847. The molecule has 0 aliphatic carbocycles. The predicted octanol–water partition coefficient (Wildman–Crippen LogP) is 2.35. The van der Waals surface area contributed by atoms with E-state index in [1.165, 1.54) is 12.0 Å². The number of fused-ring (bicyclic) bond motifs is 1. The molecule has 0 fully saturated rings. The van der Waals surface area contributed by atoms with Crippen molar-refractivity contribution >= 4 is 27.0 Å². The number of halogens is 1. The molecule has 1 N–H and O–H groups in total. The van der Waals surface area contributed by atoms with Gasteiger partial charge < -0.3 is 9.73 Å². The van der Waals surface area contributed by atoms with Crippen molar-refractivity contribution in [1.29, 1.82) is 0 Å². The van der Waals surface area contributed by atoms with E-state index in [0.29, 0.717) is 0 Å². The Bertz CT molecular complexity index is 439. The zero-order chi connectivity index (χ0) is 9.97. The first-order valence-electron chi connectivity index (χ1n) is 4.47. The minimum atomic E-state index is 0.847. The molecule has 3 nitrogen and oxygen atoms in total. The number of rotatable bonds is 3. The zero-order valence-corrected chi connectivity index (χ0v) is 9.47. The monoisotopic (exact) mass is 254 g/mol. The van der Waals surface area contributed by atoms with Crippen molar-refractivity contribution < 1.29 is 4.42 Å². The molecule has 0 bridgehead atoms. The number of hydrogen-bond donors (Lipinski definition) is 1. The van der Waals surface area contributed by atoms with Gasteiger partial charge in [-0.15, -0.1) is 0 Å². The number of likely N-dealkylation sites (N-methyl/N-ethyl adjacent to an activating group) is 1. The van der Waals surface area contributed by atoms with Gasteiger partial charge in [0.15, 0.2) is 12.0 Å². The lowest BCUT2D eigenvalue weighted by molar-refractivity contribution is 0.601. The summed E-state index contributed by atoms with van der Waals surface area (Å²) in [4.78, 5) is 4.09. The highest BCUT2D eigenvalue weighted by Gasteiger charge is 2.05. The highest BCUT2D eigenvalue weighted by molar-refractivity contribution is 9.10. The van der Waals surface area contributed by atoms with Crippen molar-refractivity contribution in [1.82, 2.24) is 10.3 Å². The fraction of sp³-hybridized carbons (Fsp3) is 0.300. The molecule has 0 radical (unpaired) electrons. The van der Waals surface area contributed by atoms with E-state index in [0.717, 1.165) is 28.5 Å².